The van der Waals surface area contributed by atoms with Crippen molar-refractivity contribution in [3.8, 4) is 11.1 Å². The van der Waals surface area contributed by atoms with E-state index in [-0.39, 0.29) is 11.9 Å². The molecule has 0 bridgehead atoms. The van der Waals surface area contributed by atoms with E-state index in [1.165, 1.54) is 0 Å². The number of amides is 1. The summed E-state index contributed by atoms with van der Waals surface area (Å²) in [5.74, 6) is 4.32. The number of rotatable bonds is 4. The highest BCUT2D eigenvalue weighted by Crippen LogP contribution is 2.41. The Balaban J connectivity index is 1.51. The first-order chi connectivity index (χ1) is 16.6. The summed E-state index contributed by atoms with van der Waals surface area (Å²) in [6, 6.07) is 16.9. The minimum atomic E-state index is -0.0561. The Labute approximate surface area is 203 Å². The first-order valence-electron chi connectivity index (χ1n) is 12.0. The number of aromatic nitrogens is 3. The molecule has 2 saturated heterocycles. The van der Waals surface area contributed by atoms with Gasteiger partial charge >= 0.3 is 0 Å². The minimum absolute atomic E-state index is 0.0561. The van der Waals surface area contributed by atoms with Crippen molar-refractivity contribution >= 4 is 34.4 Å². The second kappa shape index (κ2) is 8.62. The summed E-state index contributed by atoms with van der Waals surface area (Å²) < 4.78 is 7.87. The number of thioether (sulfide) groups is 1. The highest BCUT2D eigenvalue weighted by Gasteiger charge is 2.38. The van der Waals surface area contributed by atoms with Crippen LogP contribution >= 0.6 is 11.8 Å². The first-order valence-corrected chi connectivity index (χ1v) is 13.2. The van der Waals surface area contributed by atoms with E-state index < -0.39 is 0 Å². The van der Waals surface area contributed by atoms with E-state index in [9.17, 15) is 4.79 Å². The largest absolute Gasteiger partial charge is 0.361 e. The molecule has 2 aliphatic heterocycles. The molecule has 0 aliphatic carbocycles. The predicted octanol–water partition coefficient (Wildman–Crippen LogP) is 6.24. The van der Waals surface area contributed by atoms with Crippen LogP contribution in [-0.2, 0) is 4.79 Å². The monoisotopic (exact) mass is 472 g/mol. The number of carbonyl (C=O) groups is 1. The number of carbonyl (C=O) groups excluding carboxylic acids is 1. The zero-order chi connectivity index (χ0) is 23.2. The topological polar surface area (TPSA) is 64.2 Å². The zero-order valence-corrected chi connectivity index (χ0v) is 20.3. The van der Waals surface area contributed by atoms with Crippen molar-refractivity contribution in [3.05, 3.63) is 65.8 Å². The van der Waals surface area contributed by atoms with Crippen molar-refractivity contribution in [2.24, 2.45) is 0 Å². The van der Waals surface area contributed by atoms with Crippen LogP contribution in [0.4, 0.5) is 5.69 Å². The number of nitrogens with zero attached hydrogens (tertiary/aromatic N) is 4. The highest BCUT2D eigenvalue weighted by atomic mass is 32.2. The smallest absolute Gasteiger partial charge is 0.227 e. The molecule has 1 unspecified atom stereocenters. The van der Waals surface area contributed by atoms with Gasteiger partial charge in [-0.3, -0.25) is 4.79 Å². The van der Waals surface area contributed by atoms with Crippen LogP contribution < -0.4 is 4.90 Å². The van der Waals surface area contributed by atoms with Gasteiger partial charge in [-0.15, -0.1) is 0 Å². The molecule has 2 aliphatic rings. The highest BCUT2D eigenvalue weighted by molar-refractivity contribution is 7.99. The first kappa shape index (κ1) is 21.5. The van der Waals surface area contributed by atoms with Crippen molar-refractivity contribution in [1.29, 1.82) is 0 Å². The van der Waals surface area contributed by atoms with Gasteiger partial charge in [0.2, 0.25) is 5.91 Å². The van der Waals surface area contributed by atoms with E-state index in [4.69, 9.17) is 9.51 Å². The molecule has 7 heteroatoms. The summed E-state index contributed by atoms with van der Waals surface area (Å²) in [4.78, 5) is 20.2. The van der Waals surface area contributed by atoms with Gasteiger partial charge in [0, 0.05) is 23.7 Å². The fourth-order valence-electron chi connectivity index (χ4n) is 5.57. The second-order valence-electron chi connectivity index (χ2n) is 9.24. The molecule has 0 N–H and O–H groups in total. The van der Waals surface area contributed by atoms with Crippen LogP contribution in [0.1, 0.15) is 55.0 Å². The summed E-state index contributed by atoms with van der Waals surface area (Å²) in [5.41, 5.74) is 6.06. The molecule has 1 amide bonds. The molecule has 2 fully saturated rings. The molecule has 6 rings (SSSR count). The molecule has 34 heavy (non-hydrogen) atoms. The lowest BCUT2D eigenvalue weighted by atomic mass is 10.0. The van der Waals surface area contributed by atoms with Crippen LogP contribution in [0.15, 0.2) is 53.1 Å². The molecule has 2 aromatic heterocycles. The van der Waals surface area contributed by atoms with E-state index in [1.54, 1.807) is 0 Å². The van der Waals surface area contributed by atoms with Crippen molar-refractivity contribution in [3.63, 3.8) is 0 Å². The van der Waals surface area contributed by atoms with Crippen molar-refractivity contribution in [2.45, 2.75) is 51.6 Å². The van der Waals surface area contributed by atoms with Crippen LogP contribution in [0.5, 0.6) is 0 Å². The standard InChI is InChI=1S/C27H28N4O2S/c1-17-26(18(2)33-29-17)19-8-9-23-22(16-19)28-27(31(23)21-12-14-34-15-13-21)24-10-11-25(32)30(24)20-6-4-3-5-7-20/h3-9,16,21,24H,10-15H2,1-2H3. The van der Waals surface area contributed by atoms with Crippen LogP contribution in [0.25, 0.3) is 22.2 Å². The summed E-state index contributed by atoms with van der Waals surface area (Å²) in [7, 11) is 0. The number of hydrogen-bond acceptors (Lipinski definition) is 5. The van der Waals surface area contributed by atoms with Gasteiger partial charge < -0.3 is 14.0 Å². The summed E-state index contributed by atoms with van der Waals surface area (Å²) in [6.45, 7) is 3.92. The van der Waals surface area contributed by atoms with Gasteiger partial charge in [0.1, 0.15) is 11.6 Å². The number of para-hydroxylation sites is 1. The normalized spacial score (nSPS) is 19.4. The molecule has 4 aromatic rings. The maximum Gasteiger partial charge on any atom is 0.227 e. The van der Waals surface area contributed by atoms with Crippen LogP contribution in [0.3, 0.4) is 0 Å². The van der Waals surface area contributed by atoms with Gasteiger partial charge in [0.05, 0.1) is 22.8 Å². The van der Waals surface area contributed by atoms with Gasteiger partial charge in [0.25, 0.3) is 0 Å². The van der Waals surface area contributed by atoms with E-state index in [1.807, 2.05) is 60.8 Å². The average molecular weight is 473 g/mol. The molecule has 2 aromatic carbocycles. The Morgan fingerprint density at radius 2 is 1.82 bits per heavy atom. The van der Waals surface area contributed by atoms with Crippen LogP contribution in [-0.4, -0.2) is 32.1 Å². The number of anilines is 1. The Morgan fingerprint density at radius 1 is 1.03 bits per heavy atom. The lowest BCUT2D eigenvalue weighted by Gasteiger charge is -2.30. The van der Waals surface area contributed by atoms with Gasteiger partial charge in [-0.05, 0) is 74.4 Å². The lowest BCUT2D eigenvalue weighted by molar-refractivity contribution is -0.117. The minimum Gasteiger partial charge on any atom is -0.361 e. The van der Waals surface area contributed by atoms with Crippen molar-refractivity contribution in [2.75, 3.05) is 16.4 Å². The third kappa shape index (κ3) is 3.54. The molecular weight excluding hydrogens is 444 g/mol. The van der Waals surface area contributed by atoms with Crippen LogP contribution in [0.2, 0.25) is 0 Å². The van der Waals surface area contributed by atoms with Gasteiger partial charge in [0.15, 0.2) is 0 Å². The molecule has 6 nitrogen and oxygen atoms in total. The second-order valence-corrected chi connectivity index (χ2v) is 10.5. The summed E-state index contributed by atoms with van der Waals surface area (Å²) in [5, 5.41) is 4.14. The van der Waals surface area contributed by atoms with Gasteiger partial charge in [-0.1, -0.05) is 29.4 Å². The fraction of sp³-hybridized carbons (Fsp3) is 0.370. The summed E-state index contributed by atoms with van der Waals surface area (Å²) >= 11 is 2.03. The lowest BCUT2D eigenvalue weighted by Crippen LogP contribution is -2.30. The molecule has 174 valence electrons. The Morgan fingerprint density at radius 3 is 2.56 bits per heavy atom. The maximum absolute atomic E-state index is 13.0. The van der Waals surface area contributed by atoms with E-state index in [2.05, 4.69) is 27.9 Å². The predicted molar refractivity (Wildman–Crippen MR) is 136 cm³/mol. The fourth-order valence-corrected chi connectivity index (χ4v) is 6.65. The molecule has 0 radical (unpaired) electrons. The van der Waals surface area contributed by atoms with Crippen LogP contribution in [0, 0.1) is 13.8 Å². The Hall–Kier alpha value is -3.06. The number of aryl methyl sites for hydroxylation is 2. The average Bonchev–Trinajstić information content (AvgIpc) is 3.53. The number of fused-ring (bicyclic) bond motifs is 1. The van der Waals surface area contributed by atoms with E-state index >= 15 is 0 Å². The molecule has 1 atom stereocenters. The Bertz CT molecular complexity index is 1330. The number of imidazole rings is 1. The quantitative estimate of drug-likeness (QED) is 0.352. The van der Waals surface area contributed by atoms with Crippen molar-refractivity contribution < 1.29 is 9.32 Å². The maximum atomic E-state index is 13.0. The van der Waals surface area contributed by atoms with E-state index in [0.717, 1.165) is 75.9 Å². The molecule has 0 spiro atoms. The number of hydrogen-bond donors (Lipinski definition) is 0. The number of benzene rings is 2. The SMILES string of the molecule is Cc1noc(C)c1-c1ccc2c(c1)nc(C1CCC(=O)N1c1ccccc1)n2C1CCSCC1. The van der Waals surface area contributed by atoms with Gasteiger partial charge in [-0.25, -0.2) is 4.98 Å². The zero-order valence-electron chi connectivity index (χ0n) is 19.5. The summed E-state index contributed by atoms with van der Waals surface area (Å²) in [6.07, 6.45) is 3.59. The van der Waals surface area contributed by atoms with Crippen molar-refractivity contribution in [1.82, 2.24) is 14.7 Å². The molecule has 0 saturated carbocycles. The van der Waals surface area contributed by atoms with E-state index in [0.29, 0.717) is 12.5 Å². The molecular formula is C27H28N4O2S. The van der Waals surface area contributed by atoms with Gasteiger partial charge in [-0.2, -0.15) is 11.8 Å². The molecule has 4 heterocycles. The Kier molecular flexibility index (Phi) is 5.44. The third-order valence-corrected chi connectivity index (χ3v) is 8.19. The third-order valence-electron chi connectivity index (χ3n) is 7.14.